The van der Waals surface area contributed by atoms with Crippen LogP contribution in [0.5, 0.6) is 5.88 Å². The van der Waals surface area contributed by atoms with E-state index in [9.17, 15) is 4.79 Å². The van der Waals surface area contributed by atoms with Crippen LogP contribution < -0.4 is 4.74 Å². The van der Waals surface area contributed by atoms with E-state index in [2.05, 4.69) is 23.2 Å². The molecule has 1 fully saturated rings. The van der Waals surface area contributed by atoms with E-state index in [1.54, 1.807) is 17.0 Å². The van der Waals surface area contributed by atoms with Crippen molar-refractivity contribution in [1.29, 1.82) is 5.26 Å². The third-order valence-corrected chi connectivity index (χ3v) is 4.58. The van der Waals surface area contributed by atoms with E-state index in [-0.39, 0.29) is 12.0 Å². The van der Waals surface area contributed by atoms with Crippen molar-refractivity contribution < 1.29 is 9.53 Å². The highest BCUT2D eigenvalue weighted by atomic mass is 16.5. The van der Waals surface area contributed by atoms with Crippen LogP contribution in [-0.4, -0.2) is 35.0 Å². The molecule has 0 radical (unpaired) electrons. The van der Waals surface area contributed by atoms with E-state index in [0.29, 0.717) is 31.0 Å². The first-order valence-corrected chi connectivity index (χ1v) is 8.50. The minimum atomic E-state index is -0.0492. The van der Waals surface area contributed by atoms with Crippen LogP contribution in [0.15, 0.2) is 60.8 Å². The molecule has 1 aliphatic heterocycles. The Kier molecular flexibility index (Phi) is 4.24. The molecule has 3 aromatic rings. The van der Waals surface area contributed by atoms with Crippen molar-refractivity contribution in [2.45, 2.75) is 12.5 Å². The maximum absolute atomic E-state index is 12.5. The molecule has 26 heavy (non-hydrogen) atoms. The van der Waals surface area contributed by atoms with Crippen molar-refractivity contribution in [3.63, 3.8) is 0 Å². The smallest absolute Gasteiger partial charge is 0.227 e. The molecule has 128 valence electrons. The first kappa shape index (κ1) is 16.1. The first-order chi connectivity index (χ1) is 12.7. The van der Waals surface area contributed by atoms with Gasteiger partial charge in [0.15, 0.2) is 0 Å². The number of fused-ring (bicyclic) bond motifs is 1. The van der Waals surface area contributed by atoms with Gasteiger partial charge >= 0.3 is 0 Å². The Bertz CT molecular complexity index is 981. The van der Waals surface area contributed by atoms with E-state index < -0.39 is 0 Å². The van der Waals surface area contributed by atoms with Crippen molar-refractivity contribution >= 4 is 16.7 Å². The van der Waals surface area contributed by atoms with Crippen LogP contribution in [0.3, 0.4) is 0 Å². The highest BCUT2D eigenvalue weighted by molar-refractivity contribution is 5.90. The number of hydrogen-bond acceptors (Lipinski definition) is 4. The van der Waals surface area contributed by atoms with Crippen molar-refractivity contribution in [2.75, 3.05) is 13.1 Å². The molecular formula is C21H17N3O2. The molecule has 1 saturated heterocycles. The summed E-state index contributed by atoms with van der Waals surface area (Å²) in [5, 5.41) is 11.0. The Morgan fingerprint density at radius 1 is 1.15 bits per heavy atom. The van der Waals surface area contributed by atoms with Crippen LogP contribution in [-0.2, 0) is 11.2 Å². The third kappa shape index (κ3) is 3.22. The summed E-state index contributed by atoms with van der Waals surface area (Å²) in [6.07, 6.45) is 1.83. The van der Waals surface area contributed by atoms with E-state index in [4.69, 9.17) is 10.00 Å². The van der Waals surface area contributed by atoms with Crippen molar-refractivity contribution in [3.05, 3.63) is 71.9 Å². The molecule has 4 rings (SSSR count). The number of nitrogens with zero attached hydrogens (tertiary/aromatic N) is 3. The summed E-state index contributed by atoms with van der Waals surface area (Å²) < 4.78 is 5.74. The molecule has 0 bridgehead atoms. The van der Waals surface area contributed by atoms with Gasteiger partial charge in [0.1, 0.15) is 12.2 Å². The summed E-state index contributed by atoms with van der Waals surface area (Å²) in [7, 11) is 0. The molecule has 2 heterocycles. The second-order valence-corrected chi connectivity index (χ2v) is 6.35. The van der Waals surface area contributed by atoms with Crippen LogP contribution in [0.1, 0.15) is 11.1 Å². The number of carbonyl (C=O) groups is 1. The molecule has 0 saturated carbocycles. The first-order valence-electron chi connectivity index (χ1n) is 8.50. The maximum Gasteiger partial charge on any atom is 0.227 e. The number of benzene rings is 2. The predicted molar refractivity (Wildman–Crippen MR) is 97.6 cm³/mol. The monoisotopic (exact) mass is 343 g/mol. The number of rotatable bonds is 4. The summed E-state index contributed by atoms with van der Waals surface area (Å²) in [5.41, 5.74) is 1.55. The van der Waals surface area contributed by atoms with E-state index >= 15 is 0 Å². The van der Waals surface area contributed by atoms with Crippen molar-refractivity contribution in [2.24, 2.45) is 0 Å². The molecule has 1 amide bonds. The lowest BCUT2D eigenvalue weighted by Crippen LogP contribution is -2.56. The van der Waals surface area contributed by atoms with E-state index in [1.165, 1.54) is 6.20 Å². The predicted octanol–water partition coefficient (Wildman–Crippen LogP) is 2.94. The van der Waals surface area contributed by atoms with Gasteiger partial charge in [-0.3, -0.25) is 4.79 Å². The molecule has 0 unspecified atom stereocenters. The Morgan fingerprint density at radius 3 is 2.73 bits per heavy atom. The second kappa shape index (κ2) is 6.85. The number of hydrogen-bond donors (Lipinski definition) is 0. The zero-order valence-electron chi connectivity index (χ0n) is 14.1. The molecule has 5 nitrogen and oxygen atoms in total. The Hall–Kier alpha value is -3.39. The Labute approximate surface area is 151 Å². The highest BCUT2D eigenvalue weighted by Gasteiger charge is 2.32. The molecule has 1 aliphatic rings. The highest BCUT2D eigenvalue weighted by Crippen LogP contribution is 2.22. The Balaban J connectivity index is 1.35. The van der Waals surface area contributed by atoms with Gasteiger partial charge in [0.05, 0.1) is 25.1 Å². The molecule has 0 N–H and O–H groups in total. The molecular weight excluding hydrogens is 326 g/mol. The minimum Gasteiger partial charge on any atom is -0.471 e. The van der Waals surface area contributed by atoms with Crippen LogP contribution in [0.25, 0.3) is 10.8 Å². The average Bonchev–Trinajstić information content (AvgIpc) is 2.65. The third-order valence-electron chi connectivity index (χ3n) is 4.58. The summed E-state index contributed by atoms with van der Waals surface area (Å²) in [5.74, 6) is 0.587. The van der Waals surface area contributed by atoms with Gasteiger partial charge in [-0.15, -0.1) is 0 Å². The van der Waals surface area contributed by atoms with Gasteiger partial charge in [0.25, 0.3) is 0 Å². The molecule has 5 heteroatoms. The van der Waals surface area contributed by atoms with Crippen molar-refractivity contribution in [3.8, 4) is 11.9 Å². The lowest BCUT2D eigenvalue weighted by Gasteiger charge is -2.38. The Morgan fingerprint density at radius 2 is 1.96 bits per heavy atom. The fourth-order valence-electron chi connectivity index (χ4n) is 3.12. The zero-order chi connectivity index (χ0) is 17.9. The average molecular weight is 343 g/mol. The molecule has 0 spiro atoms. The second-order valence-electron chi connectivity index (χ2n) is 6.35. The van der Waals surface area contributed by atoms with Gasteiger partial charge < -0.3 is 9.64 Å². The molecule has 0 aliphatic carbocycles. The topological polar surface area (TPSA) is 66.2 Å². The van der Waals surface area contributed by atoms with Crippen LogP contribution in [0.4, 0.5) is 0 Å². The van der Waals surface area contributed by atoms with Gasteiger partial charge in [-0.2, -0.15) is 5.26 Å². The summed E-state index contributed by atoms with van der Waals surface area (Å²) in [6.45, 7) is 1.12. The maximum atomic E-state index is 12.5. The normalized spacial score (nSPS) is 13.9. The van der Waals surface area contributed by atoms with Crippen LogP contribution >= 0.6 is 0 Å². The lowest BCUT2D eigenvalue weighted by atomic mass is 10.0. The number of amides is 1. The number of ether oxygens (including phenoxy) is 1. The summed E-state index contributed by atoms with van der Waals surface area (Å²) >= 11 is 0. The SMILES string of the molecule is N#Cc1ccc(OC2CN(C(=O)Cc3cccc4ccccc34)C2)nc1. The number of carbonyl (C=O) groups excluding carboxylic acids is 1. The fraction of sp³-hybridized carbons (Fsp3) is 0.190. The number of likely N-dealkylation sites (tertiary alicyclic amines) is 1. The minimum absolute atomic E-state index is 0.0492. The quantitative estimate of drug-likeness (QED) is 0.730. The van der Waals surface area contributed by atoms with Crippen molar-refractivity contribution in [1.82, 2.24) is 9.88 Å². The van der Waals surface area contributed by atoms with Gasteiger partial charge in [-0.1, -0.05) is 42.5 Å². The van der Waals surface area contributed by atoms with Gasteiger partial charge in [-0.25, -0.2) is 4.98 Å². The number of pyridine rings is 1. The van der Waals surface area contributed by atoms with Gasteiger partial charge in [0.2, 0.25) is 11.8 Å². The fourth-order valence-corrected chi connectivity index (χ4v) is 3.12. The van der Waals surface area contributed by atoms with Crippen LogP contribution in [0, 0.1) is 11.3 Å². The zero-order valence-corrected chi connectivity index (χ0v) is 14.1. The number of nitriles is 1. The standard InChI is InChI=1S/C21H17N3O2/c22-11-15-8-9-20(23-12-15)26-18-13-24(14-18)21(25)10-17-6-3-5-16-4-1-2-7-19(16)17/h1-9,12,18H,10,13-14H2. The lowest BCUT2D eigenvalue weighted by molar-refractivity contribution is -0.139. The number of aromatic nitrogens is 1. The molecule has 0 atom stereocenters. The summed E-state index contributed by atoms with van der Waals surface area (Å²) in [6, 6.07) is 19.5. The largest absolute Gasteiger partial charge is 0.471 e. The van der Waals surface area contributed by atoms with Gasteiger partial charge in [-0.05, 0) is 22.4 Å². The summed E-state index contributed by atoms with van der Waals surface area (Å²) in [4.78, 5) is 18.4. The van der Waals surface area contributed by atoms with Gasteiger partial charge in [0, 0.05) is 12.3 Å². The molecule has 2 aromatic carbocycles. The van der Waals surface area contributed by atoms with Crippen LogP contribution in [0.2, 0.25) is 0 Å². The van der Waals surface area contributed by atoms with E-state index in [1.807, 2.05) is 30.3 Å². The molecule has 1 aromatic heterocycles. The van der Waals surface area contributed by atoms with E-state index in [0.717, 1.165) is 16.3 Å².